The largest absolute Gasteiger partial charge is 0.496 e. The van der Waals surface area contributed by atoms with Crippen molar-refractivity contribution < 1.29 is 9.53 Å². The summed E-state index contributed by atoms with van der Waals surface area (Å²) in [6.07, 6.45) is 5.16. The molecule has 3 unspecified atom stereocenters. The molecule has 6 heteroatoms. The van der Waals surface area contributed by atoms with Crippen molar-refractivity contribution in [3.63, 3.8) is 0 Å². The first kappa shape index (κ1) is 14.7. The average Bonchev–Trinajstić information content (AvgIpc) is 3.31. The lowest BCUT2D eigenvalue weighted by Gasteiger charge is -2.20. The Hall–Kier alpha value is -1.92. The summed E-state index contributed by atoms with van der Waals surface area (Å²) >= 11 is 1.40. The molecule has 2 saturated heterocycles. The molecule has 23 heavy (non-hydrogen) atoms. The number of hydrogen-bond donors (Lipinski definition) is 2. The second-order valence-corrected chi connectivity index (χ2v) is 7.12. The highest BCUT2D eigenvalue weighted by Gasteiger charge is 2.39. The molecule has 1 aromatic carbocycles. The van der Waals surface area contributed by atoms with Gasteiger partial charge < -0.3 is 15.4 Å². The molecule has 120 valence electrons. The zero-order valence-electron chi connectivity index (χ0n) is 12.9. The predicted molar refractivity (Wildman–Crippen MR) is 89.9 cm³/mol. The average molecular weight is 329 g/mol. The van der Waals surface area contributed by atoms with Crippen LogP contribution in [-0.2, 0) is 0 Å². The van der Waals surface area contributed by atoms with Crippen LogP contribution in [0, 0.1) is 0 Å². The number of fused-ring (bicyclic) bond motifs is 2. The van der Waals surface area contributed by atoms with E-state index in [2.05, 4.69) is 15.6 Å². The molecule has 0 aliphatic carbocycles. The van der Waals surface area contributed by atoms with Gasteiger partial charge in [0.2, 0.25) is 0 Å². The molecule has 5 nitrogen and oxygen atoms in total. The number of thiazole rings is 1. The van der Waals surface area contributed by atoms with E-state index in [0.717, 1.165) is 29.0 Å². The Balaban J connectivity index is 1.50. The van der Waals surface area contributed by atoms with Gasteiger partial charge in [0, 0.05) is 29.9 Å². The van der Waals surface area contributed by atoms with E-state index in [4.69, 9.17) is 4.74 Å². The van der Waals surface area contributed by atoms with Crippen molar-refractivity contribution in [1.82, 2.24) is 15.6 Å². The van der Waals surface area contributed by atoms with Gasteiger partial charge in [-0.25, -0.2) is 4.98 Å². The number of carbonyl (C=O) groups is 1. The van der Waals surface area contributed by atoms with Gasteiger partial charge in [0.25, 0.3) is 5.91 Å². The number of nitrogens with one attached hydrogen (secondary N) is 2. The smallest absolute Gasteiger partial charge is 0.280 e. The van der Waals surface area contributed by atoms with E-state index in [1.807, 2.05) is 24.3 Å². The summed E-state index contributed by atoms with van der Waals surface area (Å²) in [5.74, 6) is 0.718. The van der Waals surface area contributed by atoms with Crippen molar-refractivity contribution in [2.75, 3.05) is 7.11 Å². The van der Waals surface area contributed by atoms with Crippen LogP contribution in [0.15, 0.2) is 30.5 Å². The summed E-state index contributed by atoms with van der Waals surface area (Å²) in [6, 6.07) is 9.02. The van der Waals surface area contributed by atoms with Gasteiger partial charge in [-0.1, -0.05) is 12.1 Å². The van der Waals surface area contributed by atoms with E-state index < -0.39 is 0 Å². The van der Waals surface area contributed by atoms with Gasteiger partial charge in [0.1, 0.15) is 5.75 Å². The van der Waals surface area contributed by atoms with Crippen molar-refractivity contribution in [1.29, 1.82) is 0 Å². The molecule has 2 fully saturated rings. The standard InChI is InChI=1S/C17H19N3O2S/c1-22-14-5-3-2-4-11(14)15-9-18-17(23-15)16(21)20-13-8-10-6-7-12(13)19-10/h2-5,9-10,12-13,19H,6-8H2,1H3,(H,20,21). The maximum absolute atomic E-state index is 12.5. The Morgan fingerprint density at radius 1 is 1.39 bits per heavy atom. The number of amides is 1. The summed E-state index contributed by atoms with van der Waals surface area (Å²) in [7, 11) is 1.65. The summed E-state index contributed by atoms with van der Waals surface area (Å²) in [5, 5.41) is 7.18. The third-order valence-corrected chi connectivity index (χ3v) is 5.72. The normalized spacial score (nSPS) is 25.5. The SMILES string of the molecule is COc1ccccc1-c1cnc(C(=O)NC2CC3CCC2N3)s1. The monoisotopic (exact) mass is 329 g/mol. The van der Waals surface area contributed by atoms with Crippen LogP contribution >= 0.6 is 11.3 Å². The maximum atomic E-state index is 12.5. The van der Waals surface area contributed by atoms with E-state index in [1.54, 1.807) is 13.3 Å². The Labute approximate surface area is 139 Å². The Bertz CT molecular complexity index is 730. The molecule has 0 radical (unpaired) electrons. The number of benzene rings is 1. The molecule has 0 spiro atoms. The molecule has 2 aliphatic rings. The molecule has 2 aromatic rings. The number of nitrogens with zero attached hydrogens (tertiary/aromatic N) is 1. The Kier molecular flexibility index (Phi) is 3.79. The topological polar surface area (TPSA) is 63.2 Å². The molecule has 4 rings (SSSR count). The van der Waals surface area contributed by atoms with Crippen LogP contribution < -0.4 is 15.4 Å². The molecule has 1 amide bonds. The fraction of sp³-hybridized carbons (Fsp3) is 0.412. The number of ether oxygens (including phenoxy) is 1. The number of carbonyl (C=O) groups excluding carboxylic acids is 1. The highest BCUT2D eigenvalue weighted by Crippen LogP contribution is 2.34. The Morgan fingerprint density at radius 3 is 3.00 bits per heavy atom. The number of rotatable bonds is 4. The van der Waals surface area contributed by atoms with Crippen LogP contribution in [0.25, 0.3) is 10.4 Å². The highest BCUT2D eigenvalue weighted by atomic mass is 32.1. The number of methoxy groups -OCH3 is 1. The van der Waals surface area contributed by atoms with E-state index in [9.17, 15) is 4.79 Å². The summed E-state index contributed by atoms with van der Waals surface area (Å²) in [4.78, 5) is 17.7. The summed E-state index contributed by atoms with van der Waals surface area (Å²) in [6.45, 7) is 0. The first-order chi connectivity index (χ1) is 11.2. The minimum Gasteiger partial charge on any atom is -0.496 e. The van der Waals surface area contributed by atoms with Crippen LogP contribution in [0.3, 0.4) is 0 Å². The van der Waals surface area contributed by atoms with Crippen LogP contribution in [0.5, 0.6) is 5.75 Å². The maximum Gasteiger partial charge on any atom is 0.280 e. The predicted octanol–water partition coefficient (Wildman–Crippen LogP) is 2.44. The van der Waals surface area contributed by atoms with E-state index in [1.165, 1.54) is 17.8 Å². The highest BCUT2D eigenvalue weighted by molar-refractivity contribution is 7.17. The summed E-state index contributed by atoms with van der Waals surface area (Å²) in [5.41, 5.74) is 0.966. The van der Waals surface area contributed by atoms with Gasteiger partial charge in [-0.3, -0.25) is 4.79 Å². The van der Waals surface area contributed by atoms with Gasteiger partial charge >= 0.3 is 0 Å². The van der Waals surface area contributed by atoms with Crippen LogP contribution in [0.2, 0.25) is 0 Å². The lowest BCUT2D eigenvalue weighted by molar-refractivity contribution is 0.0930. The lowest BCUT2D eigenvalue weighted by atomic mass is 9.95. The van der Waals surface area contributed by atoms with Crippen molar-refractivity contribution in [3.05, 3.63) is 35.5 Å². The molecule has 0 saturated carbocycles. The van der Waals surface area contributed by atoms with Crippen LogP contribution in [0.4, 0.5) is 0 Å². The molecule has 1 aromatic heterocycles. The van der Waals surface area contributed by atoms with E-state index >= 15 is 0 Å². The number of hydrogen-bond acceptors (Lipinski definition) is 5. The van der Waals surface area contributed by atoms with Gasteiger partial charge in [-0.15, -0.1) is 11.3 Å². The third kappa shape index (κ3) is 2.72. The molecule has 3 atom stereocenters. The summed E-state index contributed by atoms with van der Waals surface area (Å²) < 4.78 is 5.38. The van der Waals surface area contributed by atoms with Crippen LogP contribution in [0.1, 0.15) is 29.1 Å². The Morgan fingerprint density at radius 2 is 2.26 bits per heavy atom. The van der Waals surface area contributed by atoms with Crippen molar-refractivity contribution >= 4 is 17.2 Å². The molecular weight excluding hydrogens is 310 g/mol. The molecular formula is C17H19N3O2S. The van der Waals surface area contributed by atoms with Gasteiger partial charge in [0.15, 0.2) is 5.01 Å². The van der Waals surface area contributed by atoms with Crippen LogP contribution in [-0.4, -0.2) is 36.1 Å². The first-order valence-electron chi connectivity index (χ1n) is 7.90. The quantitative estimate of drug-likeness (QED) is 0.904. The molecule has 2 aliphatic heterocycles. The molecule has 3 heterocycles. The second kappa shape index (κ2) is 5.94. The van der Waals surface area contributed by atoms with E-state index in [0.29, 0.717) is 17.1 Å². The molecule has 2 N–H and O–H groups in total. The number of aromatic nitrogens is 1. The van der Waals surface area contributed by atoms with Gasteiger partial charge in [-0.05, 0) is 31.4 Å². The minimum atomic E-state index is -0.0736. The van der Waals surface area contributed by atoms with Crippen molar-refractivity contribution in [2.24, 2.45) is 0 Å². The fourth-order valence-corrected chi connectivity index (χ4v) is 4.41. The zero-order chi connectivity index (χ0) is 15.8. The van der Waals surface area contributed by atoms with Crippen molar-refractivity contribution in [2.45, 2.75) is 37.4 Å². The zero-order valence-corrected chi connectivity index (χ0v) is 13.7. The van der Waals surface area contributed by atoms with Crippen molar-refractivity contribution in [3.8, 4) is 16.2 Å². The van der Waals surface area contributed by atoms with Gasteiger partial charge in [0.05, 0.1) is 12.0 Å². The number of para-hydroxylation sites is 1. The lowest BCUT2D eigenvalue weighted by Crippen LogP contribution is -2.42. The molecule has 2 bridgehead atoms. The van der Waals surface area contributed by atoms with Gasteiger partial charge in [-0.2, -0.15) is 0 Å². The minimum absolute atomic E-state index is 0.0736. The second-order valence-electron chi connectivity index (χ2n) is 6.09. The first-order valence-corrected chi connectivity index (χ1v) is 8.72. The van der Waals surface area contributed by atoms with E-state index in [-0.39, 0.29) is 11.9 Å². The fourth-order valence-electron chi connectivity index (χ4n) is 3.57. The third-order valence-electron chi connectivity index (χ3n) is 4.69.